The molecule has 0 radical (unpaired) electrons. The van der Waals surface area contributed by atoms with Crippen LogP contribution in [-0.2, 0) is 14.3 Å². The number of piperazine rings is 1. The summed E-state index contributed by atoms with van der Waals surface area (Å²) in [5.41, 5.74) is 0.379. The molecule has 2 rings (SSSR count). The van der Waals surface area contributed by atoms with Crippen molar-refractivity contribution in [1.29, 1.82) is 0 Å². The Kier molecular flexibility index (Phi) is 11.8. The summed E-state index contributed by atoms with van der Waals surface area (Å²) in [6.07, 6.45) is -4.32. The summed E-state index contributed by atoms with van der Waals surface area (Å²) >= 11 is 0. The van der Waals surface area contributed by atoms with E-state index in [-0.39, 0.29) is 24.5 Å². The predicted octanol–water partition coefficient (Wildman–Crippen LogP) is 2.15. The van der Waals surface area contributed by atoms with E-state index in [1.807, 2.05) is 13.8 Å². The first-order chi connectivity index (χ1) is 15.4. The molecule has 0 unspecified atom stereocenters. The molecule has 1 saturated heterocycles. The van der Waals surface area contributed by atoms with E-state index >= 15 is 0 Å². The molecular weight excluding hydrogens is 450 g/mol. The highest BCUT2D eigenvalue weighted by Gasteiger charge is 2.38. The molecule has 2 amide bonds. The van der Waals surface area contributed by atoms with Gasteiger partial charge in [-0.3, -0.25) is 9.59 Å². The summed E-state index contributed by atoms with van der Waals surface area (Å²) in [4.78, 5) is 37.5. The second kappa shape index (κ2) is 13.7. The molecule has 1 aromatic rings. The number of hydrogen-bond donors (Lipinski definition) is 2. The van der Waals surface area contributed by atoms with E-state index in [4.69, 9.17) is 14.6 Å². The lowest BCUT2D eigenvalue weighted by Gasteiger charge is -2.30. The molecule has 1 aromatic carbocycles. The van der Waals surface area contributed by atoms with Crippen LogP contribution in [0.3, 0.4) is 0 Å². The smallest absolute Gasteiger partial charge is 0.475 e. The van der Waals surface area contributed by atoms with Gasteiger partial charge in [-0.05, 0) is 44.5 Å². The average Bonchev–Trinajstić information content (AvgIpc) is 2.76. The third-order valence-corrected chi connectivity index (χ3v) is 4.44. The Balaban J connectivity index is 0.000000675. The quantitative estimate of drug-likeness (QED) is 0.438. The fraction of sp³-hybridized carbons (Fsp3) is 0.571. The van der Waals surface area contributed by atoms with Crippen molar-refractivity contribution < 1.29 is 41.8 Å². The van der Waals surface area contributed by atoms with E-state index in [9.17, 15) is 27.2 Å². The molecule has 1 aliphatic heterocycles. The van der Waals surface area contributed by atoms with Gasteiger partial charge in [0, 0.05) is 44.9 Å². The highest BCUT2D eigenvalue weighted by atomic mass is 19.4. The Morgan fingerprint density at radius 3 is 2.18 bits per heavy atom. The normalized spacial score (nSPS) is 13.8. The number of aliphatic carboxylic acids is 1. The number of rotatable bonds is 8. The standard InChI is InChI=1S/C19H28FN3O3.C2HF3O2/c1-15(2)26-13-3-10-23(14-18(24)22-11-8-21-9-12-22)19(25)16-4-6-17(20)7-5-16;3-2(4,5)1(6)7/h4-7,15,21H,3,8-14H2,1-2H3;(H,6,7). The van der Waals surface area contributed by atoms with Gasteiger partial charge in [-0.2, -0.15) is 13.2 Å². The second-order valence-corrected chi connectivity index (χ2v) is 7.44. The van der Waals surface area contributed by atoms with Gasteiger partial charge in [0.1, 0.15) is 12.4 Å². The van der Waals surface area contributed by atoms with Crippen molar-refractivity contribution in [3.63, 3.8) is 0 Å². The predicted molar refractivity (Wildman–Crippen MR) is 111 cm³/mol. The highest BCUT2D eigenvalue weighted by Crippen LogP contribution is 2.13. The molecule has 33 heavy (non-hydrogen) atoms. The number of nitrogens with zero attached hydrogens (tertiary/aromatic N) is 2. The van der Waals surface area contributed by atoms with Crippen LogP contribution in [0.25, 0.3) is 0 Å². The van der Waals surface area contributed by atoms with Gasteiger partial charge in [-0.15, -0.1) is 0 Å². The average molecular weight is 479 g/mol. The van der Waals surface area contributed by atoms with Crippen LogP contribution in [0.2, 0.25) is 0 Å². The number of carbonyl (C=O) groups is 3. The van der Waals surface area contributed by atoms with Crippen molar-refractivity contribution in [3.8, 4) is 0 Å². The summed E-state index contributed by atoms with van der Waals surface area (Å²) < 4.78 is 50.4. The first-order valence-electron chi connectivity index (χ1n) is 10.4. The lowest BCUT2D eigenvalue weighted by molar-refractivity contribution is -0.192. The minimum absolute atomic E-state index is 0.0257. The van der Waals surface area contributed by atoms with Crippen LogP contribution in [0.4, 0.5) is 17.6 Å². The van der Waals surface area contributed by atoms with Crippen LogP contribution in [0.5, 0.6) is 0 Å². The molecule has 1 heterocycles. The summed E-state index contributed by atoms with van der Waals surface area (Å²) in [6, 6.07) is 5.41. The fourth-order valence-electron chi connectivity index (χ4n) is 2.78. The number of nitrogens with one attached hydrogen (secondary N) is 1. The molecule has 186 valence electrons. The topological polar surface area (TPSA) is 99.2 Å². The minimum Gasteiger partial charge on any atom is -0.475 e. The molecule has 12 heteroatoms. The zero-order chi connectivity index (χ0) is 25.0. The molecular formula is C21H29F4N3O5. The van der Waals surface area contributed by atoms with E-state index in [1.165, 1.54) is 29.2 Å². The van der Waals surface area contributed by atoms with Gasteiger partial charge in [0.15, 0.2) is 0 Å². The molecule has 0 saturated carbocycles. The Morgan fingerprint density at radius 2 is 1.70 bits per heavy atom. The van der Waals surface area contributed by atoms with E-state index in [0.717, 1.165) is 13.1 Å². The van der Waals surface area contributed by atoms with Gasteiger partial charge in [0.25, 0.3) is 5.91 Å². The van der Waals surface area contributed by atoms with E-state index in [2.05, 4.69) is 5.32 Å². The third kappa shape index (κ3) is 11.1. The number of benzene rings is 1. The van der Waals surface area contributed by atoms with Crippen LogP contribution >= 0.6 is 0 Å². The van der Waals surface area contributed by atoms with Crippen molar-refractivity contribution in [2.24, 2.45) is 0 Å². The molecule has 0 atom stereocenters. The number of amides is 2. The molecule has 0 aliphatic carbocycles. The van der Waals surface area contributed by atoms with Gasteiger partial charge in [0.2, 0.25) is 5.91 Å². The third-order valence-electron chi connectivity index (χ3n) is 4.44. The fourth-order valence-corrected chi connectivity index (χ4v) is 2.78. The van der Waals surface area contributed by atoms with Crippen LogP contribution < -0.4 is 5.32 Å². The van der Waals surface area contributed by atoms with Gasteiger partial charge in [-0.25, -0.2) is 9.18 Å². The second-order valence-electron chi connectivity index (χ2n) is 7.44. The first kappa shape index (κ1) is 28.3. The summed E-state index contributed by atoms with van der Waals surface area (Å²) in [5, 5.41) is 10.3. The van der Waals surface area contributed by atoms with Crippen LogP contribution in [-0.4, -0.2) is 90.8 Å². The summed E-state index contributed by atoms with van der Waals surface area (Å²) in [6.45, 7) is 7.69. The Labute approximate surface area is 189 Å². The zero-order valence-electron chi connectivity index (χ0n) is 18.5. The largest absolute Gasteiger partial charge is 0.490 e. The van der Waals surface area contributed by atoms with Crippen molar-refractivity contribution in [2.45, 2.75) is 32.5 Å². The van der Waals surface area contributed by atoms with E-state index in [0.29, 0.717) is 38.2 Å². The zero-order valence-corrected chi connectivity index (χ0v) is 18.5. The number of alkyl halides is 3. The van der Waals surface area contributed by atoms with Crippen molar-refractivity contribution in [2.75, 3.05) is 45.9 Å². The van der Waals surface area contributed by atoms with Crippen LogP contribution in [0, 0.1) is 5.82 Å². The van der Waals surface area contributed by atoms with Gasteiger partial charge in [0.05, 0.1) is 6.10 Å². The first-order valence-corrected chi connectivity index (χ1v) is 10.4. The van der Waals surface area contributed by atoms with Crippen molar-refractivity contribution >= 4 is 17.8 Å². The summed E-state index contributed by atoms with van der Waals surface area (Å²) in [5.74, 6) is -3.48. The Bertz CT molecular complexity index is 766. The molecule has 1 fully saturated rings. The van der Waals surface area contributed by atoms with E-state index < -0.39 is 18.0 Å². The maximum Gasteiger partial charge on any atom is 0.490 e. The molecule has 0 aromatic heterocycles. The number of carboxylic acid groups (broad SMARTS) is 1. The number of hydrogen-bond acceptors (Lipinski definition) is 5. The maximum atomic E-state index is 13.1. The van der Waals surface area contributed by atoms with Crippen LogP contribution in [0.15, 0.2) is 24.3 Å². The molecule has 2 N–H and O–H groups in total. The Morgan fingerprint density at radius 1 is 1.15 bits per heavy atom. The maximum absolute atomic E-state index is 13.1. The molecule has 1 aliphatic rings. The van der Waals surface area contributed by atoms with Crippen molar-refractivity contribution in [3.05, 3.63) is 35.6 Å². The highest BCUT2D eigenvalue weighted by molar-refractivity contribution is 5.96. The Hall–Kier alpha value is -2.73. The molecule has 0 spiro atoms. The monoisotopic (exact) mass is 479 g/mol. The number of carbonyl (C=O) groups excluding carboxylic acids is 2. The van der Waals surface area contributed by atoms with Crippen LogP contribution in [0.1, 0.15) is 30.6 Å². The SMILES string of the molecule is CC(C)OCCCN(CC(=O)N1CCNCC1)C(=O)c1ccc(F)cc1.O=C(O)C(F)(F)F. The summed E-state index contributed by atoms with van der Waals surface area (Å²) in [7, 11) is 0. The van der Waals surface area contributed by atoms with Gasteiger partial charge in [-0.1, -0.05) is 0 Å². The number of carboxylic acids is 1. The van der Waals surface area contributed by atoms with Gasteiger partial charge < -0.3 is 25.0 Å². The number of halogens is 4. The lowest BCUT2D eigenvalue weighted by Crippen LogP contribution is -2.50. The molecule has 8 nitrogen and oxygen atoms in total. The van der Waals surface area contributed by atoms with Crippen molar-refractivity contribution in [1.82, 2.24) is 15.1 Å². The minimum atomic E-state index is -5.08. The lowest BCUT2D eigenvalue weighted by atomic mass is 10.2. The molecule has 0 bridgehead atoms. The van der Waals surface area contributed by atoms with Gasteiger partial charge >= 0.3 is 12.1 Å². The van der Waals surface area contributed by atoms with E-state index in [1.54, 1.807) is 4.90 Å². The number of ether oxygens (including phenoxy) is 1.